The molecule has 0 atom stereocenters. The normalized spacial score (nSPS) is 10.1. The molecule has 1 aromatic rings. The third-order valence-electron chi connectivity index (χ3n) is 2.68. The van der Waals surface area contributed by atoms with Crippen LogP contribution in [-0.2, 0) is 11.3 Å². The van der Waals surface area contributed by atoms with Crippen LogP contribution in [0.15, 0.2) is 24.3 Å². The number of carbonyl (C=O) groups excluding carboxylic acids is 1. The molecule has 0 spiro atoms. The first-order valence-corrected chi connectivity index (χ1v) is 5.73. The molecule has 0 unspecified atom stereocenters. The Bertz CT molecular complexity index is 434. The van der Waals surface area contributed by atoms with E-state index in [0.717, 1.165) is 0 Å². The summed E-state index contributed by atoms with van der Waals surface area (Å²) in [6, 6.07) is 6.50. The van der Waals surface area contributed by atoms with Crippen molar-refractivity contribution in [1.82, 2.24) is 10.2 Å². The number of amides is 1. The molecule has 6 heteroatoms. The molecular weight excluding hydrogens is 234 g/mol. The number of nitro benzene ring substituents is 1. The Morgan fingerprint density at radius 2 is 2.11 bits per heavy atom. The first-order chi connectivity index (χ1) is 8.56. The number of nitro groups is 1. The van der Waals surface area contributed by atoms with Gasteiger partial charge in [-0.15, -0.1) is 0 Å². The van der Waals surface area contributed by atoms with Crippen molar-refractivity contribution in [2.45, 2.75) is 13.5 Å². The first-order valence-electron chi connectivity index (χ1n) is 5.73. The lowest BCUT2D eigenvalue weighted by atomic mass is 10.2. The molecule has 0 aromatic heterocycles. The van der Waals surface area contributed by atoms with Crippen molar-refractivity contribution in [3.05, 3.63) is 39.9 Å². The Morgan fingerprint density at radius 1 is 1.44 bits per heavy atom. The van der Waals surface area contributed by atoms with Crippen LogP contribution in [0.1, 0.15) is 12.5 Å². The summed E-state index contributed by atoms with van der Waals surface area (Å²) < 4.78 is 0. The molecule has 0 aliphatic rings. The minimum absolute atomic E-state index is 0.0314. The number of hydrogen-bond acceptors (Lipinski definition) is 4. The second-order valence-corrected chi connectivity index (χ2v) is 3.90. The number of nitrogens with one attached hydrogen (secondary N) is 1. The monoisotopic (exact) mass is 251 g/mol. The molecule has 18 heavy (non-hydrogen) atoms. The van der Waals surface area contributed by atoms with Gasteiger partial charge in [0.15, 0.2) is 0 Å². The van der Waals surface area contributed by atoms with Gasteiger partial charge < -0.3 is 10.2 Å². The van der Waals surface area contributed by atoms with Gasteiger partial charge in [-0.1, -0.05) is 18.2 Å². The molecule has 1 rings (SSSR count). The van der Waals surface area contributed by atoms with E-state index in [0.29, 0.717) is 18.7 Å². The summed E-state index contributed by atoms with van der Waals surface area (Å²) in [6.45, 7) is 3.02. The summed E-state index contributed by atoms with van der Waals surface area (Å²) in [4.78, 5) is 23.5. The maximum atomic E-state index is 11.5. The minimum atomic E-state index is -0.420. The highest BCUT2D eigenvalue weighted by atomic mass is 16.6. The van der Waals surface area contributed by atoms with Crippen molar-refractivity contribution in [3.63, 3.8) is 0 Å². The lowest BCUT2D eigenvalue weighted by Gasteiger charge is -2.14. The van der Waals surface area contributed by atoms with E-state index >= 15 is 0 Å². The number of carbonyl (C=O) groups is 1. The van der Waals surface area contributed by atoms with E-state index in [4.69, 9.17) is 0 Å². The Balaban J connectivity index is 2.54. The van der Waals surface area contributed by atoms with Crippen LogP contribution in [0.3, 0.4) is 0 Å². The molecule has 1 amide bonds. The third kappa shape index (κ3) is 3.81. The number of para-hydroxylation sites is 1. The van der Waals surface area contributed by atoms with E-state index in [1.165, 1.54) is 6.07 Å². The van der Waals surface area contributed by atoms with Gasteiger partial charge in [0.05, 0.1) is 11.5 Å². The van der Waals surface area contributed by atoms with Crippen LogP contribution in [0.5, 0.6) is 0 Å². The van der Waals surface area contributed by atoms with Crippen LogP contribution in [0.2, 0.25) is 0 Å². The molecule has 0 saturated carbocycles. The van der Waals surface area contributed by atoms with Gasteiger partial charge >= 0.3 is 0 Å². The fraction of sp³-hybridized carbons (Fsp3) is 0.417. The number of hydrogen-bond donors (Lipinski definition) is 1. The highest BCUT2D eigenvalue weighted by molar-refractivity contribution is 5.77. The Morgan fingerprint density at radius 3 is 2.72 bits per heavy atom. The smallest absolute Gasteiger partial charge is 0.273 e. The molecule has 0 saturated heterocycles. The molecule has 6 nitrogen and oxygen atoms in total. The van der Waals surface area contributed by atoms with Gasteiger partial charge in [0.1, 0.15) is 0 Å². The van der Waals surface area contributed by atoms with Crippen molar-refractivity contribution in [3.8, 4) is 0 Å². The number of rotatable bonds is 6. The van der Waals surface area contributed by atoms with Crippen LogP contribution in [0.25, 0.3) is 0 Å². The Hall–Kier alpha value is -1.95. The van der Waals surface area contributed by atoms with Crippen molar-refractivity contribution < 1.29 is 9.72 Å². The summed E-state index contributed by atoms with van der Waals surface area (Å²) in [5.41, 5.74) is 0.649. The quantitative estimate of drug-likeness (QED) is 0.608. The van der Waals surface area contributed by atoms with Crippen LogP contribution in [0, 0.1) is 10.1 Å². The highest BCUT2D eigenvalue weighted by Gasteiger charge is 2.12. The van der Waals surface area contributed by atoms with Gasteiger partial charge in [-0.05, 0) is 6.92 Å². The Labute approximate surface area is 106 Å². The van der Waals surface area contributed by atoms with Crippen LogP contribution < -0.4 is 5.32 Å². The second-order valence-electron chi connectivity index (χ2n) is 3.90. The maximum Gasteiger partial charge on any atom is 0.273 e. The van der Waals surface area contributed by atoms with Crippen molar-refractivity contribution >= 4 is 11.6 Å². The lowest BCUT2D eigenvalue weighted by Crippen LogP contribution is -2.35. The zero-order chi connectivity index (χ0) is 13.5. The molecule has 1 aromatic carbocycles. The van der Waals surface area contributed by atoms with Gasteiger partial charge in [-0.25, -0.2) is 0 Å². The number of benzene rings is 1. The Kier molecular flexibility index (Phi) is 5.26. The molecule has 0 radical (unpaired) electrons. The zero-order valence-corrected chi connectivity index (χ0v) is 10.5. The van der Waals surface area contributed by atoms with Crippen LogP contribution >= 0.6 is 0 Å². The standard InChI is InChI=1S/C12H17N3O3/c1-3-14(2)12(16)9-13-8-10-6-4-5-7-11(10)15(17)18/h4-7,13H,3,8-9H2,1-2H3. The third-order valence-corrected chi connectivity index (χ3v) is 2.68. The largest absolute Gasteiger partial charge is 0.345 e. The van der Waals surface area contributed by atoms with E-state index < -0.39 is 4.92 Å². The predicted molar refractivity (Wildman–Crippen MR) is 68.1 cm³/mol. The average Bonchev–Trinajstić information content (AvgIpc) is 2.38. The minimum Gasteiger partial charge on any atom is -0.345 e. The van der Waals surface area contributed by atoms with Gasteiger partial charge in [-0.3, -0.25) is 14.9 Å². The van der Waals surface area contributed by atoms with Gasteiger partial charge in [-0.2, -0.15) is 0 Å². The molecule has 0 aliphatic heterocycles. The molecule has 0 fully saturated rings. The second kappa shape index (κ2) is 6.70. The van der Waals surface area contributed by atoms with Crippen LogP contribution in [0.4, 0.5) is 5.69 Å². The lowest BCUT2D eigenvalue weighted by molar-refractivity contribution is -0.385. The highest BCUT2D eigenvalue weighted by Crippen LogP contribution is 2.16. The maximum absolute atomic E-state index is 11.5. The molecule has 1 N–H and O–H groups in total. The van der Waals surface area contributed by atoms with E-state index in [-0.39, 0.29) is 18.1 Å². The first kappa shape index (κ1) is 14.1. The van der Waals surface area contributed by atoms with E-state index in [9.17, 15) is 14.9 Å². The average molecular weight is 251 g/mol. The van der Waals surface area contributed by atoms with E-state index in [1.54, 1.807) is 30.1 Å². The topological polar surface area (TPSA) is 75.5 Å². The fourth-order valence-corrected chi connectivity index (χ4v) is 1.45. The fourth-order valence-electron chi connectivity index (χ4n) is 1.45. The summed E-state index contributed by atoms with van der Waals surface area (Å²) in [7, 11) is 1.72. The van der Waals surface area contributed by atoms with Crippen molar-refractivity contribution in [1.29, 1.82) is 0 Å². The van der Waals surface area contributed by atoms with Crippen molar-refractivity contribution in [2.24, 2.45) is 0 Å². The summed E-state index contributed by atoms with van der Waals surface area (Å²) in [5.74, 6) is -0.0314. The number of nitrogens with zero attached hydrogens (tertiary/aromatic N) is 2. The van der Waals surface area contributed by atoms with Gasteiger partial charge in [0.25, 0.3) is 5.69 Å². The van der Waals surface area contributed by atoms with Crippen LogP contribution in [-0.4, -0.2) is 35.9 Å². The van der Waals surface area contributed by atoms with E-state index in [2.05, 4.69) is 5.32 Å². The van der Waals surface area contributed by atoms with Gasteiger partial charge in [0, 0.05) is 31.8 Å². The van der Waals surface area contributed by atoms with Crippen molar-refractivity contribution in [2.75, 3.05) is 20.1 Å². The predicted octanol–water partition coefficient (Wildman–Crippen LogP) is 1.16. The molecular formula is C12H17N3O3. The summed E-state index contributed by atoms with van der Waals surface area (Å²) >= 11 is 0. The molecule has 98 valence electrons. The summed E-state index contributed by atoms with van der Waals surface area (Å²) in [5, 5.41) is 13.7. The SMILES string of the molecule is CCN(C)C(=O)CNCc1ccccc1[N+](=O)[O-]. The number of likely N-dealkylation sites (N-methyl/N-ethyl adjacent to an activating group) is 1. The molecule has 0 aliphatic carbocycles. The molecule has 0 bridgehead atoms. The molecule has 0 heterocycles. The summed E-state index contributed by atoms with van der Waals surface area (Å²) in [6.07, 6.45) is 0. The van der Waals surface area contributed by atoms with Gasteiger partial charge in [0.2, 0.25) is 5.91 Å². The van der Waals surface area contributed by atoms with E-state index in [1.807, 2.05) is 6.92 Å². The zero-order valence-electron chi connectivity index (χ0n) is 10.5.